The zero-order chi connectivity index (χ0) is 28.6. The number of hydrogen-bond donors (Lipinski definition) is 0. The Labute approximate surface area is 252 Å². The van der Waals surface area contributed by atoms with E-state index in [0.29, 0.717) is 0 Å². The first-order valence-corrected chi connectivity index (χ1v) is 14.8. The number of rotatable bonds is 4. The number of para-hydroxylation sites is 2. The van der Waals surface area contributed by atoms with Crippen LogP contribution in [0, 0.1) is 0 Å². The van der Waals surface area contributed by atoms with Crippen molar-refractivity contribution in [3.63, 3.8) is 0 Å². The van der Waals surface area contributed by atoms with E-state index in [-0.39, 0.29) is 0 Å². The molecular formula is C42H29N. The van der Waals surface area contributed by atoms with E-state index >= 15 is 0 Å². The molecule has 1 aliphatic rings. The van der Waals surface area contributed by atoms with Gasteiger partial charge in [0.2, 0.25) is 0 Å². The predicted molar refractivity (Wildman–Crippen MR) is 183 cm³/mol. The molecule has 1 heteroatoms. The predicted octanol–water partition coefficient (Wildman–Crippen LogP) is 11.5. The molecule has 0 atom stereocenters. The van der Waals surface area contributed by atoms with Crippen LogP contribution in [0.4, 0.5) is 17.1 Å². The van der Waals surface area contributed by atoms with Crippen LogP contribution in [-0.4, -0.2) is 0 Å². The molecule has 202 valence electrons. The van der Waals surface area contributed by atoms with E-state index in [2.05, 4.69) is 181 Å². The van der Waals surface area contributed by atoms with E-state index in [0.717, 1.165) is 11.3 Å². The smallest absolute Gasteiger partial charge is 0.0540 e. The Kier molecular flexibility index (Phi) is 6.20. The summed E-state index contributed by atoms with van der Waals surface area (Å²) in [5.74, 6) is 0. The van der Waals surface area contributed by atoms with Crippen LogP contribution in [0.5, 0.6) is 0 Å². The monoisotopic (exact) mass is 547 g/mol. The average molecular weight is 548 g/mol. The molecular weight excluding hydrogens is 518 g/mol. The van der Waals surface area contributed by atoms with E-state index in [4.69, 9.17) is 0 Å². The third-order valence-electron chi connectivity index (χ3n) is 8.40. The first-order chi connectivity index (χ1) is 21.3. The van der Waals surface area contributed by atoms with Crippen molar-refractivity contribution in [2.75, 3.05) is 4.90 Å². The largest absolute Gasteiger partial charge is 0.309 e. The van der Waals surface area contributed by atoms with Gasteiger partial charge in [-0.15, -0.1) is 0 Å². The maximum absolute atomic E-state index is 2.40. The van der Waals surface area contributed by atoms with Gasteiger partial charge in [0, 0.05) is 16.8 Å². The second-order valence-electron chi connectivity index (χ2n) is 11.0. The molecule has 1 aliphatic heterocycles. The van der Waals surface area contributed by atoms with Crippen molar-refractivity contribution < 1.29 is 0 Å². The first kappa shape index (κ1) is 25.1. The second-order valence-corrected chi connectivity index (χ2v) is 11.0. The molecule has 0 aliphatic carbocycles. The standard InChI is InChI=1S/C42H29N/c1-2-13-32(14-3-1)40(34-25-24-31-12-4-5-15-33(31)29-34)28-30-22-26-35(27-23-30)43-41-20-10-8-18-38(41)36-16-6-7-17-37(36)39-19-9-11-21-42(39)43/h1-29H. The maximum Gasteiger partial charge on any atom is 0.0540 e. The summed E-state index contributed by atoms with van der Waals surface area (Å²) in [6, 6.07) is 61.2. The van der Waals surface area contributed by atoms with Crippen molar-refractivity contribution in [2.45, 2.75) is 0 Å². The van der Waals surface area contributed by atoms with Gasteiger partial charge in [0.25, 0.3) is 0 Å². The number of anilines is 3. The maximum atomic E-state index is 2.40. The highest BCUT2D eigenvalue weighted by molar-refractivity contribution is 6.02. The summed E-state index contributed by atoms with van der Waals surface area (Å²) in [5.41, 5.74) is 13.3. The second kappa shape index (κ2) is 10.6. The minimum Gasteiger partial charge on any atom is -0.309 e. The summed E-state index contributed by atoms with van der Waals surface area (Å²) in [7, 11) is 0. The van der Waals surface area contributed by atoms with Gasteiger partial charge in [-0.1, -0.05) is 140 Å². The Morgan fingerprint density at radius 1 is 0.395 bits per heavy atom. The van der Waals surface area contributed by atoms with Crippen molar-refractivity contribution in [3.05, 3.63) is 187 Å². The van der Waals surface area contributed by atoms with E-state index < -0.39 is 0 Å². The average Bonchev–Trinajstić information content (AvgIpc) is 3.21. The number of nitrogens with zero attached hydrogens (tertiary/aromatic N) is 1. The molecule has 7 aromatic carbocycles. The van der Waals surface area contributed by atoms with Gasteiger partial charge in [-0.05, 0) is 80.6 Å². The molecule has 8 rings (SSSR count). The third kappa shape index (κ3) is 4.52. The lowest BCUT2D eigenvalue weighted by Crippen LogP contribution is -2.10. The van der Waals surface area contributed by atoms with Crippen LogP contribution < -0.4 is 4.90 Å². The van der Waals surface area contributed by atoms with E-state index in [1.165, 1.54) is 61.1 Å². The van der Waals surface area contributed by atoms with Gasteiger partial charge in [0.15, 0.2) is 0 Å². The Morgan fingerprint density at radius 2 is 0.930 bits per heavy atom. The Bertz CT molecular complexity index is 2050. The highest BCUT2D eigenvalue weighted by Crippen LogP contribution is 2.50. The van der Waals surface area contributed by atoms with E-state index in [9.17, 15) is 0 Å². The van der Waals surface area contributed by atoms with Crippen molar-refractivity contribution >= 4 is 39.5 Å². The summed E-state index contributed by atoms with van der Waals surface area (Å²) in [4.78, 5) is 2.40. The van der Waals surface area contributed by atoms with Gasteiger partial charge < -0.3 is 4.90 Å². The van der Waals surface area contributed by atoms with Crippen LogP contribution in [0.2, 0.25) is 0 Å². The summed E-state index contributed by atoms with van der Waals surface area (Å²) in [6.07, 6.45) is 2.31. The highest BCUT2D eigenvalue weighted by Gasteiger charge is 2.25. The number of benzene rings is 7. The fraction of sp³-hybridized carbons (Fsp3) is 0. The fourth-order valence-electron chi connectivity index (χ4n) is 6.35. The zero-order valence-corrected chi connectivity index (χ0v) is 23.7. The van der Waals surface area contributed by atoms with Crippen molar-refractivity contribution in [3.8, 4) is 22.3 Å². The van der Waals surface area contributed by atoms with Crippen LogP contribution in [0.15, 0.2) is 170 Å². The van der Waals surface area contributed by atoms with Crippen LogP contribution >= 0.6 is 0 Å². The molecule has 0 unspecified atom stereocenters. The van der Waals surface area contributed by atoms with Crippen LogP contribution in [0.25, 0.3) is 44.7 Å². The summed E-state index contributed by atoms with van der Waals surface area (Å²) in [5, 5.41) is 2.50. The van der Waals surface area contributed by atoms with Crippen molar-refractivity contribution in [1.29, 1.82) is 0 Å². The number of fused-ring (bicyclic) bond motifs is 6. The number of hydrogen-bond acceptors (Lipinski definition) is 1. The molecule has 0 fully saturated rings. The summed E-state index contributed by atoms with van der Waals surface area (Å²) >= 11 is 0. The topological polar surface area (TPSA) is 3.24 Å². The van der Waals surface area contributed by atoms with E-state index in [1.807, 2.05) is 0 Å². The van der Waals surface area contributed by atoms with Crippen molar-refractivity contribution in [2.24, 2.45) is 0 Å². The van der Waals surface area contributed by atoms with Gasteiger partial charge in [-0.2, -0.15) is 0 Å². The molecule has 0 N–H and O–H groups in total. The molecule has 7 aromatic rings. The summed E-state index contributed by atoms with van der Waals surface area (Å²) < 4.78 is 0. The van der Waals surface area contributed by atoms with Gasteiger partial charge in [-0.3, -0.25) is 0 Å². The van der Waals surface area contributed by atoms with Gasteiger partial charge in [0.05, 0.1) is 11.4 Å². The molecule has 0 bridgehead atoms. The zero-order valence-electron chi connectivity index (χ0n) is 23.7. The minimum absolute atomic E-state index is 1.14. The highest BCUT2D eigenvalue weighted by atomic mass is 15.1. The SMILES string of the molecule is C(=C(c1ccccc1)c1ccc2ccccc2c1)c1ccc(N2c3ccccc3-c3ccccc3-c3ccccc32)cc1. The quantitative estimate of drug-likeness (QED) is 0.198. The van der Waals surface area contributed by atoms with Gasteiger partial charge >= 0.3 is 0 Å². The molecule has 0 saturated carbocycles. The molecule has 0 saturated heterocycles. The lowest BCUT2D eigenvalue weighted by atomic mass is 9.94. The molecule has 0 spiro atoms. The molecule has 0 aromatic heterocycles. The lowest BCUT2D eigenvalue weighted by Gasteiger charge is -2.27. The van der Waals surface area contributed by atoms with Crippen LogP contribution in [0.1, 0.15) is 16.7 Å². The molecule has 1 nitrogen and oxygen atoms in total. The van der Waals surface area contributed by atoms with Gasteiger partial charge in [-0.25, -0.2) is 0 Å². The molecule has 0 amide bonds. The van der Waals surface area contributed by atoms with Crippen LogP contribution in [-0.2, 0) is 0 Å². The normalized spacial score (nSPS) is 12.3. The minimum atomic E-state index is 1.14. The van der Waals surface area contributed by atoms with Crippen LogP contribution in [0.3, 0.4) is 0 Å². The Morgan fingerprint density at radius 3 is 1.58 bits per heavy atom. The molecule has 43 heavy (non-hydrogen) atoms. The van der Waals surface area contributed by atoms with Crippen molar-refractivity contribution in [1.82, 2.24) is 0 Å². The third-order valence-corrected chi connectivity index (χ3v) is 8.40. The molecule has 0 radical (unpaired) electrons. The first-order valence-electron chi connectivity index (χ1n) is 14.8. The summed E-state index contributed by atoms with van der Waals surface area (Å²) in [6.45, 7) is 0. The Hall–Kier alpha value is -5.66. The lowest BCUT2D eigenvalue weighted by molar-refractivity contribution is 1.29. The molecule has 1 heterocycles. The fourth-order valence-corrected chi connectivity index (χ4v) is 6.35. The van der Waals surface area contributed by atoms with E-state index in [1.54, 1.807) is 0 Å². The Balaban J connectivity index is 1.25. The van der Waals surface area contributed by atoms with Gasteiger partial charge in [0.1, 0.15) is 0 Å².